The number of benzene rings is 1. The van der Waals surface area contributed by atoms with Crippen molar-refractivity contribution in [2.75, 3.05) is 25.2 Å². The van der Waals surface area contributed by atoms with E-state index in [0.29, 0.717) is 6.04 Å². The third-order valence-corrected chi connectivity index (χ3v) is 3.62. The van der Waals surface area contributed by atoms with Gasteiger partial charge in [0.2, 0.25) is 0 Å². The summed E-state index contributed by atoms with van der Waals surface area (Å²) in [7, 11) is 1.98. The molecule has 0 amide bonds. The highest BCUT2D eigenvalue weighted by Crippen LogP contribution is 2.26. The zero-order chi connectivity index (χ0) is 12.7. The molecule has 1 aromatic rings. The van der Waals surface area contributed by atoms with E-state index >= 15 is 0 Å². The highest BCUT2D eigenvalue weighted by Gasteiger charge is 2.10. The molecule has 96 valence electrons. The number of aryl methyl sites for hydroxylation is 1. The predicted molar refractivity (Wildman–Crippen MR) is 77.1 cm³/mol. The summed E-state index contributed by atoms with van der Waals surface area (Å²) in [6.45, 7) is 7.22. The van der Waals surface area contributed by atoms with Gasteiger partial charge in [-0.1, -0.05) is 24.6 Å². The second-order valence-electron chi connectivity index (χ2n) is 4.10. The SMILES string of the molecule is CCSCCOc1ccc(C)cc1C(C)NC. The van der Waals surface area contributed by atoms with Gasteiger partial charge in [0, 0.05) is 17.4 Å². The monoisotopic (exact) mass is 253 g/mol. The summed E-state index contributed by atoms with van der Waals surface area (Å²) < 4.78 is 5.86. The van der Waals surface area contributed by atoms with Crippen LogP contribution in [0.25, 0.3) is 0 Å². The van der Waals surface area contributed by atoms with Gasteiger partial charge >= 0.3 is 0 Å². The van der Waals surface area contributed by atoms with Crippen molar-refractivity contribution < 1.29 is 4.74 Å². The number of rotatable bonds is 7. The molecule has 17 heavy (non-hydrogen) atoms. The molecular weight excluding hydrogens is 230 g/mol. The van der Waals surface area contributed by atoms with Gasteiger partial charge in [-0.3, -0.25) is 0 Å². The molecule has 1 N–H and O–H groups in total. The molecule has 0 aliphatic heterocycles. The first-order chi connectivity index (χ1) is 8.19. The van der Waals surface area contributed by atoms with Gasteiger partial charge in [0.15, 0.2) is 0 Å². The summed E-state index contributed by atoms with van der Waals surface area (Å²) in [5.41, 5.74) is 2.52. The van der Waals surface area contributed by atoms with Crippen molar-refractivity contribution in [1.82, 2.24) is 5.32 Å². The first kappa shape index (κ1) is 14.4. The fourth-order valence-electron chi connectivity index (χ4n) is 1.65. The van der Waals surface area contributed by atoms with Crippen LogP contribution in [0.5, 0.6) is 5.75 Å². The lowest BCUT2D eigenvalue weighted by Gasteiger charge is -2.17. The van der Waals surface area contributed by atoms with Crippen molar-refractivity contribution >= 4 is 11.8 Å². The number of thioether (sulfide) groups is 1. The highest BCUT2D eigenvalue weighted by atomic mass is 32.2. The first-order valence-electron chi connectivity index (χ1n) is 6.17. The van der Waals surface area contributed by atoms with Crippen LogP contribution in [0.15, 0.2) is 18.2 Å². The molecule has 0 aromatic heterocycles. The van der Waals surface area contributed by atoms with E-state index in [4.69, 9.17) is 4.74 Å². The van der Waals surface area contributed by atoms with Gasteiger partial charge in [-0.25, -0.2) is 0 Å². The molecule has 1 rings (SSSR count). The van der Waals surface area contributed by atoms with E-state index in [9.17, 15) is 0 Å². The van der Waals surface area contributed by atoms with Crippen molar-refractivity contribution in [1.29, 1.82) is 0 Å². The molecule has 0 aliphatic carbocycles. The number of ether oxygens (including phenoxy) is 1. The van der Waals surface area contributed by atoms with E-state index in [-0.39, 0.29) is 0 Å². The minimum absolute atomic E-state index is 0.323. The zero-order valence-corrected chi connectivity index (χ0v) is 12.1. The fraction of sp³-hybridized carbons (Fsp3) is 0.571. The largest absolute Gasteiger partial charge is 0.492 e. The smallest absolute Gasteiger partial charge is 0.124 e. The van der Waals surface area contributed by atoms with Crippen LogP contribution in [0.4, 0.5) is 0 Å². The van der Waals surface area contributed by atoms with Gasteiger partial charge in [-0.15, -0.1) is 0 Å². The van der Waals surface area contributed by atoms with Gasteiger partial charge in [-0.05, 0) is 32.7 Å². The van der Waals surface area contributed by atoms with Crippen molar-refractivity contribution in [2.45, 2.75) is 26.8 Å². The average Bonchev–Trinajstić information content (AvgIpc) is 2.35. The lowest BCUT2D eigenvalue weighted by molar-refractivity contribution is 0.336. The van der Waals surface area contributed by atoms with Crippen molar-refractivity contribution in [3.05, 3.63) is 29.3 Å². The van der Waals surface area contributed by atoms with E-state index < -0.39 is 0 Å². The van der Waals surface area contributed by atoms with Crippen LogP contribution in [0.2, 0.25) is 0 Å². The van der Waals surface area contributed by atoms with Crippen molar-refractivity contribution in [2.24, 2.45) is 0 Å². The maximum absolute atomic E-state index is 5.86. The summed E-state index contributed by atoms with van der Waals surface area (Å²) in [6, 6.07) is 6.70. The Morgan fingerprint density at radius 2 is 2.18 bits per heavy atom. The normalized spacial score (nSPS) is 12.5. The Morgan fingerprint density at radius 3 is 2.82 bits per heavy atom. The summed E-state index contributed by atoms with van der Waals surface area (Å²) in [5.74, 6) is 3.21. The van der Waals surface area contributed by atoms with E-state index in [0.717, 1.165) is 23.9 Å². The topological polar surface area (TPSA) is 21.3 Å². The minimum atomic E-state index is 0.323. The Bertz CT molecular complexity index is 341. The van der Waals surface area contributed by atoms with Gasteiger partial charge in [-0.2, -0.15) is 11.8 Å². The van der Waals surface area contributed by atoms with Crippen LogP contribution in [0.1, 0.15) is 31.0 Å². The molecule has 1 atom stereocenters. The lowest BCUT2D eigenvalue weighted by atomic mass is 10.0. The number of hydrogen-bond acceptors (Lipinski definition) is 3. The van der Waals surface area contributed by atoms with Crippen molar-refractivity contribution in [3.63, 3.8) is 0 Å². The highest BCUT2D eigenvalue weighted by molar-refractivity contribution is 7.99. The Kier molecular flexibility index (Phi) is 6.45. The van der Waals surface area contributed by atoms with Gasteiger partial charge in [0.25, 0.3) is 0 Å². The molecule has 0 saturated heterocycles. The molecule has 2 nitrogen and oxygen atoms in total. The summed E-state index contributed by atoms with van der Waals surface area (Å²) in [4.78, 5) is 0. The third-order valence-electron chi connectivity index (χ3n) is 2.75. The number of hydrogen-bond donors (Lipinski definition) is 1. The lowest BCUT2D eigenvalue weighted by Crippen LogP contribution is -2.14. The van der Waals surface area contributed by atoms with E-state index in [1.54, 1.807) is 0 Å². The maximum Gasteiger partial charge on any atom is 0.124 e. The first-order valence-corrected chi connectivity index (χ1v) is 7.32. The van der Waals surface area contributed by atoms with Gasteiger partial charge < -0.3 is 10.1 Å². The summed E-state index contributed by atoms with van der Waals surface area (Å²) in [6.07, 6.45) is 0. The molecule has 0 radical (unpaired) electrons. The molecule has 0 spiro atoms. The Labute approximate surface area is 109 Å². The second kappa shape index (κ2) is 7.62. The van der Waals surface area contributed by atoms with Gasteiger partial charge in [0.1, 0.15) is 5.75 Å². The average molecular weight is 253 g/mol. The molecule has 0 bridgehead atoms. The predicted octanol–water partition coefficient (Wildman–Crippen LogP) is 3.41. The molecule has 1 unspecified atom stereocenters. The standard InChI is InChI=1S/C14H23NOS/c1-5-17-9-8-16-14-7-6-11(2)10-13(14)12(3)15-4/h6-7,10,12,15H,5,8-9H2,1-4H3. The van der Waals surface area contributed by atoms with E-state index in [1.165, 1.54) is 11.1 Å². The zero-order valence-electron chi connectivity index (χ0n) is 11.2. The van der Waals surface area contributed by atoms with Crippen LogP contribution in [0.3, 0.4) is 0 Å². The van der Waals surface area contributed by atoms with Crippen LogP contribution in [-0.4, -0.2) is 25.2 Å². The van der Waals surface area contributed by atoms with Crippen LogP contribution in [0, 0.1) is 6.92 Å². The molecule has 0 aliphatic rings. The second-order valence-corrected chi connectivity index (χ2v) is 5.49. The Hall–Kier alpha value is -0.670. The van der Waals surface area contributed by atoms with E-state index in [1.807, 2.05) is 18.8 Å². The van der Waals surface area contributed by atoms with Crippen molar-refractivity contribution in [3.8, 4) is 5.75 Å². The molecule has 1 aromatic carbocycles. The maximum atomic E-state index is 5.86. The quantitative estimate of drug-likeness (QED) is 0.752. The molecule has 0 saturated carbocycles. The van der Waals surface area contributed by atoms with Crippen LogP contribution in [-0.2, 0) is 0 Å². The Morgan fingerprint density at radius 1 is 1.41 bits per heavy atom. The summed E-state index contributed by atoms with van der Waals surface area (Å²) in [5, 5.41) is 3.27. The fourth-order valence-corrected chi connectivity index (χ4v) is 2.14. The molecule has 0 fully saturated rings. The van der Waals surface area contributed by atoms with Crippen LogP contribution < -0.4 is 10.1 Å². The Balaban J connectivity index is 2.69. The summed E-state index contributed by atoms with van der Waals surface area (Å²) >= 11 is 1.91. The third kappa shape index (κ3) is 4.60. The molecule has 0 heterocycles. The minimum Gasteiger partial charge on any atom is -0.492 e. The van der Waals surface area contributed by atoms with E-state index in [2.05, 4.69) is 44.3 Å². The number of nitrogens with one attached hydrogen (secondary N) is 1. The molecule has 3 heteroatoms. The van der Waals surface area contributed by atoms with Gasteiger partial charge in [0.05, 0.1) is 6.61 Å². The van der Waals surface area contributed by atoms with Crippen LogP contribution >= 0.6 is 11.8 Å². The molecular formula is C14H23NOS.